The lowest BCUT2D eigenvalue weighted by molar-refractivity contribution is -0.113. The van der Waals surface area contributed by atoms with Gasteiger partial charge < -0.3 is 14.2 Å². The Morgan fingerprint density at radius 2 is 1.37 bits per heavy atom. The van der Waals surface area contributed by atoms with E-state index in [1.54, 1.807) is 62.3 Å². The standard InChI is InChI=1S/C24H21NO4S/c1-27-19-14-16(15-20(28-2)24(19)29-3)12-13-23(26)25-17-8-4-6-10-21(17)30-22-11-7-5-9-18(22)25/h4-15H,1-3H3. The third-order valence-corrected chi connectivity index (χ3v) is 5.89. The van der Waals surface area contributed by atoms with E-state index in [-0.39, 0.29) is 5.91 Å². The van der Waals surface area contributed by atoms with Crippen molar-refractivity contribution in [2.75, 3.05) is 26.2 Å². The molecule has 30 heavy (non-hydrogen) atoms. The van der Waals surface area contributed by atoms with Crippen molar-refractivity contribution in [3.05, 3.63) is 72.3 Å². The van der Waals surface area contributed by atoms with Crippen LogP contribution >= 0.6 is 11.8 Å². The Hall–Kier alpha value is -3.38. The quantitative estimate of drug-likeness (QED) is 0.507. The molecular weight excluding hydrogens is 398 g/mol. The van der Waals surface area contributed by atoms with Crippen molar-refractivity contribution in [2.24, 2.45) is 0 Å². The summed E-state index contributed by atoms with van der Waals surface area (Å²) in [6.45, 7) is 0. The van der Waals surface area contributed by atoms with Crippen LogP contribution in [0.4, 0.5) is 11.4 Å². The van der Waals surface area contributed by atoms with Gasteiger partial charge in [-0.05, 0) is 48.0 Å². The summed E-state index contributed by atoms with van der Waals surface area (Å²) in [5.41, 5.74) is 2.52. The van der Waals surface area contributed by atoms with Gasteiger partial charge in [-0.15, -0.1) is 0 Å². The number of methoxy groups -OCH3 is 3. The fourth-order valence-electron chi connectivity index (χ4n) is 3.38. The zero-order chi connectivity index (χ0) is 21.1. The maximum Gasteiger partial charge on any atom is 0.255 e. The molecule has 0 atom stereocenters. The van der Waals surface area contributed by atoms with E-state index in [0.717, 1.165) is 26.7 Å². The molecule has 6 heteroatoms. The third kappa shape index (κ3) is 3.62. The molecule has 1 aliphatic rings. The summed E-state index contributed by atoms with van der Waals surface area (Å²) in [5.74, 6) is 1.45. The van der Waals surface area contributed by atoms with Crippen molar-refractivity contribution in [2.45, 2.75) is 9.79 Å². The van der Waals surface area contributed by atoms with Crippen LogP contribution in [0.2, 0.25) is 0 Å². The van der Waals surface area contributed by atoms with E-state index < -0.39 is 0 Å². The van der Waals surface area contributed by atoms with Crippen LogP contribution < -0.4 is 19.1 Å². The zero-order valence-electron chi connectivity index (χ0n) is 16.9. The van der Waals surface area contributed by atoms with Crippen molar-refractivity contribution >= 4 is 35.1 Å². The van der Waals surface area contributed by atoms with Gasteiger partial charge in [-0.1, -0.05) is 36.0 Å². The number of para-hydroxylation sites is 2. The number of ether oxygens (including phenoxy) is 3. The molecule has 0 bridgehead atoms. The number of amides is 1. The van der Waals surface area contributed by atoms with E-state index >= 15 is 0 Å². The molecule has 0 aromatic heterocycles. The summed E-state index contributed by atoms with van der Waals surface area (Å²) in [6, 6.07) is 19.4. The fraction of sp³-hybridized carbons (Fsp3) is 0.125. The summed E-state index contributed by atoms with van der Waals surface area (Å²) < 4.78 is 16.2. The largest absolute Gasteiger partial charge is 0.493 e. The average Bonchev–Trinajstić information content (AvgIpc) is 2.80. The van der Waals surface area contributed by atoms with Crippen molar-refractivity contribution in [1.29, 1.82) is 0 Å². The topological polar surface area (TPSA) is 48.0 Å². The second kappa shape index (κ2) is 8.55. The Balaban J connectivity index is 1.71. The number of hydrogen-bond acceptors (Lipinski definition) is 5. The zero-order valence-corrected chi connectivity index (χ0v) is 17.7. The van der Waals surface area contributed by atoms with Crippen LogP contribution in [0.5, 0.6) is 17.2 Å². The summed E-state index contributed by atoms with van der Waals surface area (Å²) >= 11 is 1.67. The predicted molar refractivity (Wildman–Crippen MR) is 119 cm³/mol. The second-order valence-corrected chi connectivity index (χ2v) is 7.59. The number of carbonyl (C=O) groups excluding carboxylic acids is 1. The highest BCUT2D eigenvalue weighted by atomic mass is 32.2. The number of hydrogen-bond donors (Lipinski definition) is 0. The first-order valence-corrected chi connectivity index (χ1v) is 10.2. The highest BCUT2D eigenvalue weighted by Crippen LogP contribution is 2.48. The number of rotatable bonds is 5. The Bertz CT molecular complexity index is 1060. The van der Waals surface area contributed by atoms with E-state index in [4.69, 9.17) is 14.2 Å². The molecule has 152 valence electrons. The predicted octanol–water partition coefficient (Wildman–Crippen LogP) is 5.56. The molecule has 3 aromatic rings. The van der Waals surface area contributed by atoms with E-state index in [2.05, 4.69) is 0 Å². The maximum atomic E-state index is 13.3. The Morgan fingerprint density at radius 1 is 0.833 bits per heavy atom. The molecule has 0 radical (unpaired) electrons. The Labute approximate surface area is 179 Å². The SMILES string of the molecule is COc1cc(C=CC(=O)N2c3ccccc3Sc3ccccc32)cc(OC)c1OC. The molecule has 0 saturated heterocycles. The Morgan fingerprint density at radius 3 is 1.87 bits per heavy atom. The normalized spacial score (nSPS) is 12.3. The molecule has 4 rings (SSSR count). The van der Waals surface area contributed by atoms with Crippen LogP contribution in [-0.2, 0) is 4.79 Å². The monoisotopic (exact) mass is 419 g/mol. The minimum absolute atomic E-state index is 0.135. The molecule has 1 amide bonds. The second-order valence-electron chi connectivity index (χ2n) is 6.50. The first kappa shape index (κ1) is 19.9. The van der Waals surface area contributed by atoms with E-state index in [0.29, 0.717) is 17.2 Å². The Kier molecular flexibility index (Phi) is 5.68. The van der Waals surface area contributed by atoms with Gasteiger partial charge in [0.15, 0.2) is 11.5 Å². The molecule has 5 nitrogen and oxygen atoms in total. The van der Waals surface area contributed by atoms with E-state index in [1.807, 2.05) is 48.5 Å². The minimum Gasteiger partial charge on any atom is -0.493 e. The van der Waals surface area contributed by atoms with Crippen molar-refractivity contribution in [1.82, 2.24) is 0 Å². The van der Waals surface area contributed by atoms with Crippen LogP contribution in [0.25, 0.3) is 6.08 Å². The summed E-state index contributed by atoms with van der Waals surface area (Å²) in [6.07, 6.45) is 3.31. The number of anilines is 2. The van der Waals surface area contributed by atoms with Gasteiger partial charge in [-0.3, -0.25) is 9.69 Å². The van der Waals surface area contributed by atoms with Crippen molar-refractivity contribution in [3.8, 4) is 17.2 Å². The van der Waals surface area contributed by atoms with Crippen LogP contribution in [0.15, 0.2) is 76.5 Å². The molecule has 0 saturated carbocycles. The summed E-state index contributed by atoms with van der Waals surface area (Å²) in [7, 11) is 4.69. The van der Waals surface area contributed by atoms with Gasteiger partial charge in [-0.2, -0.15) is 0 Å². The lowest BCUT2D eigenvalue weighted by Gasteiger charge is -2.30. The van der Waals surface area contributed by atoms with Gasteiger partial charge in [-0.25, -0.2) is 0 Å². The van der Waals surface area contributed by atoms with Gasteiger partial charge in [0.25, 0.3) is 5.91 Å². The van der Waals surface area contributed by atoms with Gasteiger partial charge >= 0.3 is 0 Å². The van der Waals surface area contributed by atoms with Crippen molar-refractivity contribution in [3.63, 3.8) is 0 Å². The van der Waals surface area contributed by atoms with Crippen LogP contribution in [-0.4, -0.2) is 27.2 Å². The van der Waals surface area contributed by atoms with Gasteiger partial charge in [0.2, 0.25) is 5.75 Å². The first-order valence-electron chi connectivity index (χ1n) is 9.34. The van der Waals surface area contributed by atoms with Crippen LogP contribution in [0.3, 0.4) is 0 Å². The van der Waals surface area contributed by atoms with E-state index in [1.165, 1.54) is 0 Å². The molecule has 0 unspecified atom stereocenters. The number of benzene rings is 3. The smallest absolute Gasteiger partial charge is 0.255 e. The molecule has 0 aliphatic carbocycles. The lowest BCUT2D eigenvalue weighted by Crippen LogP contribution is -2.26. The third-order valence-electron chi connectivity index (χ3n) is 4.76. The number of nitrogens with zero attached hydrogens (tertiary/aromatic N) is 1. The van der Waals surface area contributed by atoms with Gasteiger partial charge in [0.1, 0.15) is 0 Å². The molecule has 3 aromatic carbocycles. The van der Waals surface area contributed by atoms with Gasteiger partial charge in [0, 0.05) is 15.9 Å². The van der Waals surface area contributed by atoms with Crippen LogP contribution in [0.1, 0.15) is 5.56 Å². The van der Waals surface area contributed by atoms with Gasteiger partial charge in [0.05, 0.1) is 32.7 Å². The van der Waals surface area contributed by atoms with Crippen LogP contribution in [0, 0.1) is 0 Å². The summed E-state index contributed by atoms with van der Waals surface area (Å²) in [4.78, 5) is 17.1. The molecular formula is C24H21NO4S. The van der Waals surface area contributed by atoms with E-state index in [9.17, 15) is 4.79 Å². The first-order chi connectivity index (χ1) is 14.7. The fourth-order valence-corrected chi connectivity index (χ4v) is 4.44. The summed E-state index contributed by atoms with van der Waals surface area (Å²) in [5, 5.41) is 0. The highest BCUT2D eigenvalue weighted by Gasteiger charge is 2.26. The lowest BCUT2D eigenvalue weighted by atomic mass is 10.1. The minimum atomic E-state index is -0.135. The number of fused-ring (bicyclic) bond motifs is 2. The molecule has 1 aliphatic heterocycles. The van der Waals surface area contributed by atoms with Crippen molar-refractivity contribution < 1.29 is 19.0 Å². The number of carbonyl (C=O) groups is 1. The molecule has 0 spiro atoms. The average molecular weight is 420 g/mol. The highest BCUT2D eigenvalue weighted by molar-refractivity contribution is 7.99. The molecule has 0 N–H and O–H groups in total. The molecule has 0 fully saturated rings. The molecule has 1 heterocycles. The maximum absolute atomic E-state index is 13.3.